The Morgan fingerprint density at radius 1 is 1.21 bits per heavy atom. The number of methoxy groups -OCH3 is 2. The van der Waals surface area contributed by atoms with Gasteiger partial charge in [-0.3, -0.25) is 4.68 Å². The van der Waals surface area contributed by atoms with Gasteiger partial charge in [0.25, 0.3) is 0 Å². The van der Waals surface area contributed by atoms with Gasteiger partial charge in [0.1, 0.15) is 0 Å². The number of aryl methyl sites for hydroxylation is 1. The van der Waals surface area contributed by atoms with Crippen molar-refractivity contribution >= 4 is 5.69 Å². The molecule has 102 valence electrons. The SMILES string of the molecule is CCn1cc(CNc2ccc(OC)c(OC)c2)cn1. The summed E-state index contributed by atoms with van der Waals surface area (Å²) in [5.41, 5.74) is 2.14. The molecular formula is C14H19N3O2. The molecule has 0 amide bonds. The van der Waals surface area contributed by atoms with Crippen molar-refractivity contribution in [3.8, 4) is 11.5 Å². The van der Waals surface area contributed by atoms with Gasteiger partial charge in [0.05, 0.1) is 20.4 Å². The van der Waals surface area contributed by atoms with Gasteiger partial charge < -0.3 is 14.8 Å². The summed E-state index contributed by atoms with van der Waals surface area (Å²) in [6, 6.07) is 5.77. The Morgan fingerprint density at radius 2 is 2.00 bits per heavy atom. The van der Waals surface area contributed by atoms with Gasteiger partial charge in [-0.25, -0.2) is 0 Å². The number of rotatable bonds is 6. The van der Waals surface area contributed by atoms with Gasteiger partial charge in [-0.15, -0.1) is 0 Å². The first-order chi connectivity index (χ1) is 9.26. The van der Waals surface area contributed by atoms with Crippen molar-refractivity contribution in [3.63, 3.8) is 0 Å². The fourth-order valence-electron chi connectivity index (χ4n) is 1.82. The second kappa shape index (κ2) is 6.13. The molecule has 5 heteroatoms. The molecule has 0 saturated carbocycles. The first-order valence-corrected chi connectivity index (χ1v) is 6.24. The first-order valence-electron chi connectivity index (χ1n) is 6.24. The molecule has 2 rings (SSSR count). The van der Waals surface area contributed by atoms with Crippen LogP contribution in [0.4, 0.5) is 5.69 Å². The molecule has 2 aromatic rings. The molecule has 5 nitrogen and oxygen atoms in total. The Balaban J connectivity index is 2.03. The maximum Gasteiger partial charge on any atom is 0.162 e. The summed E-state index contributed by atoms with van der Waals surface area (Å²) >= 11 is 0. The van der Waals surface area contributed by atoms with E-state index >= 15 is 0 Å². The standard InChI is InChI=1S/C14H19N3O2/c1-4-17-10-11(9-16-17)8-15-12-5-6-13(18-2)14(7-12)19-3/h5-7,9-10,15H,4,8H2,1-3H3. The zero-order valence-corrected chi connectivity index (χ0v) is 11.5. The minimum absolute atomic E-state index is 0.719. The molecular weight excluding hydrogens is 242 g/mol. The molecule has 0 spiro atoms. The minimum atomic E-state index is 0.719. The number of hydrogen-bond donors (Lipinski definition) is 1. The zero-order valence-electron chi connectivity index (χ0n) is 11.5. The Hall–Kier alpha value is -2.17. The smallest absolute Gasteiger partial charge is 0.162 e. The molecule has 0 bridgehead atoms. The van der Waals surface area contributed by atoms with Crippen molar-refractivity contribution in [2.45, 2.75) is 20.0 Å². The van der Waals surface area contributed by atoms with Crippen molar-refractivity contribution in [1.82, 2.24) is 9.78 Å². The minimum Gasteiger partial charge on any atom is -0.493 e. The average Bonchev–Trinajstić information content (AvgIpc) is 2.92. The van der Waals surface area contributed by atoms with Crippen molar-refractivity contribution in [1.29, 1.82) is 0 Å². The molecule has 0 saturated heterocycles. The van der Waals surface area contributed by atoms with Crippen molar-refractivity contribution in [2.75, 3.05) is 19.5 Å². The van der Waals surface area contributed by atoms with E-state index in [1.54, 1.807) is 14.2 Å². The van der Waals surface area contributed by atoms with E-state index in [4.69, 9.17) is 9.47 Å². The lowest BCUT2D eigenvalue weighted by Crippen LogP contribution is -1.99. The third kappa shape index (κ3) is 3.19. The number of hydrogen-bond acceptors (Lipinski definition) is 4. The number of nitrogens with one attached hydrogen (secondary N) is 1. The fraction of sp³-hybridized carbons (Fsp3) is 0.357. The lowest BCUT2D eigenvalue weighted by molar-refractivity contribution is 0.355. The monoisotopic (exact) mass is 261 g/mol. The van der Waals surface area contributed by atoms with E-state index < -0.39 is 0 Å². The van der Waals surface area contributed by atoms with Crippen LogP contribution in [-0.4, -0.2) is 24.0 Å². The van der Waals surface area contributed by atoms with E-state index in [9.17, 15) is 0 Å². The molecule has 0 aliphatic rings. The van der Waals surface area contributed by atoms with Gasteiger partial charge in [-0.1, -0.05) is 0 Å². The lowest BCUT2D eigenvalue weighted by atomic mass is 10.2. The van der Waals surface area contributed by atoms with Crippen LogP contribution in [0.25, 0.3) is 0 Å². The Labute approximate surface area is 113 Å². The van der Waals surface area contributed by atoms with Crippen molar-refractivity contribution in [2.24, 2.45) is 0 Å². The molecule has 0 aliphatic carbocycles. The second-order valence-corrected chi connectivity index (χ2v) is 4.13. The molecule has 0 atom stereocenters. The summed E-state index contributed by atoms with van der Waals surface area (Å²) in [6.45, 7) is 3.68. The summed E-state index contributed by atoms with van der Waals surface area (Å²) in [7, 11) is 3.26. The van der Waals surface area contributed by atoms with Gasteiger partial charge >= 0.3 is 0 Å². The zero-order chi connectivity index (χ0) is 13.7. The Bertz CT molecular complexity index is 537. The number of anilines is 1. The maximum absolute atomic E-state index is 5.27. The topological polar surface area (TPSA) is 48.3 Å². The third-order valence-electron chi connectivity index (χ3n) is 2.89. The second-order valence-electron chi connectivity index (χ2n) is 4.13. The van der Waals surface area contributed by atoms with Crippen molar-refractivity contribution < 1.29 is 9.47 Å². The predicted octanol–water partition coefficient (Wildman–Crippen LogP) is 2.53. The highest BCUT2D eigenvalue weighted by molar-refractivity contribution is 5.54. The van der Waals surface area contributed by atoms with Crippen LogP contribution in [0, 0.1) is 0 Å². The quantitative estimate of drug-likeness (QED) is 0.868. The number of ether oxygens (including phenoxy) is 2. The predicted molar refractivity (Wildman–Crippen MR) is 74.8 cm³/mol. The van der Waals surface area contributed by atoms with E-state index in [0.717, 1.165) is 35.8 Å². The lowest BCUT2D eigenvalue weighted by Gasteiger charge is -2.10. The summed E-state index contributed by atoms with van der Waals surface area (Å²) in [5.74, 6) is 1.45. The van der Waals surface area contributed by atoms with Gasteiger partial charge in [0, 0.05) is 36.6 Å². The highest BCUT2D eigenvalue weighted by atomic mass is 16.5. The molecule has 1 aromatic heterocycles. The fourth-order valence-corrected chi connectivity index (χ4v) is 1.82. The van der Waals surface area contributed by atoms with Crippen LogP contribution in [0.3, 0.4) is 0 Å². The van der Waals surface area contributed by atoms with Crippen LogP contribution in [-0.2, 0) is 13.1 Å². The maximum atomic E-state index is 5.27. The van der Waals surface area contributed by atoms with E-state index in [-0.39, 0.29) is 0 Å². The molecule has 0 radical (unpaired) electrons. The Morgan fingerprint density at radius 3 is 2.63 bits per heavy atom. The molecule has 0 unspecified atom stereocenters. The van der Waals surface area contributed by atoms with Crippen LogP contribution < -0.4 is 14.8 Å². The molecule has 1 heterocycles. The van der Waals surface area contributed by atoms with Gasteiger partial charge in [0.15, 0.2) is 11.5 Å². The largest absolute Gasteiger partial charge is 0.493 e. The van der Waals surface area contributed by atoms with E-state index in [0.29, 0.717) is 0 Å². The molecule has 1 aromatic carbocycles. The summed E-state index contributed by atoms with van der Waals surface area (Å²) < 4.78 is 12.4. The molecule has 19 heavy (non-hydrogen) atoms. The summed E-state index contributed by atoms with van der Waals surface area (Å²) in [5, 5.41) is 7.58. The normalized spacial score (nSPS) is 10.3. The van der Waals surface area contributed by atoms with E-state index in [1.807, 2.05) is 35.3 Å². The highest BCUT2D eigenvalue weighted by Crippen LogP contribution is 2.29. The van der Waals surface area contributed by atoms with E-state index in [1.165, 1.54) is 0 Å². The molecule has 0 aliphatic heterocycles. The number of benzene rings is 1. The highest BCUT2D eigenvalue weighted by Gasteiger charge is 2.04. The first kappa shape index (κ1) is 13.3. The van der Waals surface area contributed by atoms with Gasteiger partial charge in [0.2, 0.25) is 0 Å². The van der Waals surface area contributed by atoms with E-state index in [2.05, 4.69) is 17.3 Å². The number of nitrogens with zero attached hydrogens (tertiary/aromatic N) is 2. The molecule has 1 N–H and O–H groups in total. The summed E-state index contributed by atoms with van der Waals surface area (Å²) in [6.07, 6.45) is 3.91. The van der Waals surface area contributed by atoms with Crippen LogP contribution in [0.5, 0.6) is 11.5 Å². The molecule has 0 fully saturated rings. The van der Waals surface area contributed by atoms with Crippen LogP contribution in [0.1, 0.15) is 12.5 Å². The van der Waals surface area contributed by atoms with Gasteiger partial charge in [-0.05, 0) is 19.1 Å². The van der Waals surface area contributed by atoms with Gasteiger partial charge in [-0.2, -0.15) is 5.10 Å². The Kier molecular flexibility index (Phi) is 4.28. The number of aromatic nitrogens is 2. The average molecular weight is 261 g/mol. The van der Waals surface area contributed by atoms with Crippen LogP contribution in [0.2, 0.25) is 0 Å². The van der Waals surface area contributed by atoms with Crippen LogP contribution >= 0.6 is 0 Å². The van der Waals surface area contributed by atoms with Crippen LogP contribution in [0.15, 0.2) is 30.6 Å². The summed E-state index contributed by atoms with van der Waals surface area (Å²) in [4.78, 5) is 0. The van der Waals surface area contributed by atoms with Crippen molar-refractivity contribution in [3.05, 3.63) is 36.2 Å². The third-order valence-corrected chi connectivity index (χ3v) is 2.89.